The molecule has 0 aromatic heterocycles. The van der Waals surface area contributed by atoms with Gasteiger partial charge in [-0.15, -0.1) is 0 Å². The molecule has 0 saturated carbocycles. The van der Waals surface area contributed by atoms with E-state index in [1.807, 2.05) is 31.2 Å². The van der Waals surface area contributed by atoms with Crippen LogP contribution in [0.1, 0.15) is 17.0 Å². The molecule has 2 N–H and O–H groups in total. The highest BCUT2D eigenvalue weighted by molar-refractivity contribution is 5.28. The van der Waals surface area contributed by atoms with Gasteiger partial charge in [0.1, 0.15) is 0 Å². The van der Waals surface area contributed by atoms with Gasteiger partial charge >= 0.3 is 0 Å². The van der Waals surface area contributed by atoms with Gasteiger partial charge in [-0.25, -0.2) is 0 Å². The van der Waals surface area contributed by atoms with E-state index in [-0.39, 0.29) is 5.92 Å². The first kappa shape index (κ1) is 8.76. The van der Waals surface area contributed by atoms with Crippen LogP contribution >= 0.6 is 0 Å². The number of nitrogens with zero attached hydrogens (tertiary/aromatic N) is 1. The van der Waals surface area contributed by atoms with E-state index in [4.69, 9.17) is 11.0 Å². The Hall–Kier alpha value is -1.33. The average Bonchev–Trinajstić information content (AvgIpc) is 2.10. The van der Waals surface area contributed by atoms with E-state index in [2.05, 4.69) is 6.07 Å². The summed E-state index contributed by atoms with van der Waals surface area (Å²) in [6.45, 7) is 2.41. The minimum Gasteiger partial charge on any atom is -0.329 e. The van der Waals surface area contributed by atoms with Crippen LogP contribution in [0.25, 0.3) is 0 Å². The van der Waals surface area contributed by atoms with Crippen molar-refractivity contribution >= 4 is 0 Å². The second kappa shape index (κ2) is 3.89. The van der Waals surface area contributed by atoms with Crippen LogP contribution in [0.2, 0.25) is 0 Å². The van der Waals surface area contributed by atoms with Crippen molar-refractivity contribution in [1.29, 1.82) is 5.26 Å². The molecule has 12 heavy (non-hydrogen) atoms. The van der Waals surface area contributed by atoms with Crippen LogP contribution in [-0.2, 0) is 0 Å². The predicted octanol–water partition coefficient (Wildman–Crippen LogP) is 1.56. The summed E-state index contributed by atoms with van der Waals surface area (Å²) in [7, 11) is 0. The Balaban J connectivity index is 2.89. The van der Waals surface area contributed by atoms with E-state index in [1.165, 1.54) is 5.56 Å². The molecule has 0 bridgehead atoms. The molecule has 0 fully saturated rings. The number of nitrogens with two attached hydrogens (primary N) is 1. The van der Waals surface area contributed by atoms with Gasteiger partial charge in [-0.05, 0) is 12.5 Å². The maximum atomic E-state index is 8.72. The molecule has 1 unspecified atom stereocenters. The zero-order valence-electron chi connectivity index (χ0n) is 7.12. The van der Waals surface area contributed by atoms with Gasteiger partial charge in [0.2, 0.25) is 0 Å². The molecule has 1 atom stereocenters. The normalized spacial score (nSPS) is 12.1. The summed E-state index contributed by atoms with van der Waals surface area (Å²) in [6, 6.07) is 10.1. The van der Waals surface area contributed by atoms with Crippen LogP contribution < -0.4 is 5.73 Å². The quantitative estimate of drug-likeness (QED) is 0.713. The van der Waals surface area contributed by atoms with Gasteiger partial charge in [0, 0.05) is 6.54 Å². The van der Waals surface area contributed by atoms with Crippen LogP contribution in [0.5, 0.6) is 0 Å². The highest BCUT2D eigenvalue weighted by Gasteiger charge is 2.06. The first-order valence-corrected chi connectivity index (χ1v) is 3.94. The van der Waals surface area contributed by atoms with Crippen molar-refractivity contribution < 1.29 is 0 Å². The fourth-order valence-electron chi connectivity index (χ4n) is 1.06. The molecule has 0 aliphatic carbocycles. The molecule has 1 aromatic rings. The minimum absolute atomic E-state index is 0.161. The Bertz CT molecular complexity index is 282. The van der Waals surface area contributed by atoms with Crippen LogP contribution in [0.3, 0.4) is 0 Å². The van der Waals surface area contributed by atoms with Crippen molar-refractivity contribution in [3.63, 3.8) is 0 Å². The highest BCUT2D eigenvalue weighted by Crippen LogP contribution is 2.13. The number of aryl methyl sites for hydroxylation is 1. The fourth-order valence-corrected chi connectivity index (χ4v) is 1.06. The van der Waals surface area contributed by atoms with Crippen LogP contribution in [0.15, 0.2) is 24.3 Å². The van der Waals surface area contributed by atoms with Gasteiger partial charge in [0.25, 0.3) is 0 Å². The Morgan fingerprint density at radius 3 is 2.42 bits per heavy atom. The van der Waals surface area contributed by atoms with Gasteiger partial charge in [-0.3, -0.25) is 0 Å². The van der Waals surface area contributed by atoms with Crippen LogP contribution in [0, 0.1) is 18.3 Å². The third kappa shape index (κ3) is 1.84. The monoisotopic (exact) mass is 160 g/mol. The van der Waals surface area contributed by atoms with Crippen molar-refractivity contribution in [2.75, 3.05) is 6.54 Å². The van der Waals surface area contributed by atoms with Crippen LogP contribution in [0.4, 0.5) is 0 Å². The van der Waals surface area contributed by atoms with E-state index in [0.29, 0.717) is 6.54 Å². The Kier molecular flexibility index (Phi) is 2.84. The molecular weight excluding hydrogens is 148 g/mol. The third-order valence-electron chi connectivity index (χ3n) is 1.87. The zero-order chi connectivity index (χ0) is 8.97. The van der Waals surface area contributed by atoms with Gasteiger partial charge in [-0.1, -0.05) is 29.8 Å². The van der Waals surface area contributed by atoms with Gasteiger partial charge in [0.05, 0.1) is 12.0 Å². The van der Waals surface area contributed by atoms with E-state index < -0.39 is 0 Å². The molecule has 2 nitrogen and oxygen atoms in total. The van der Waals surface area contributed by atoms with Crippen LogP contribution in [-0.4, -0.2) is 6.54 Å². The van der Waals surface area contributed by atoms with Gasteiger partial charge < -0.3 is 5.73 Å². The summed E-state index contributed by atoms with van der Waals surface area (Å²) >= 11 is 0. The van der Waals surface area contributed by atoms with E-state index in [0.717, 1.165) is 5.56 Å². The number of rotatable bonds is 2. The van der Waals surface area contributed by atoms with E-state index in [9.17, 15) is 0 Å². The summed E-state index contributed by atoms with van der Waals surface area (Å²) in [4.78, 5) is 0. The molecule has 0 radical (unpaired) electrons. The molecule has 1 rings (SSSR count). The minimum atomic E-state index is -0.161. The smallest absolute Gasteiger partial charge is 0.0834 e. The van der Waals surface area contributed by atoms with Gasteiger partial charge in [-0.2, -0.15) is 5.26 Å². The summed E-state index contributed by atoms with van der Waals surface area (Å²) in [5, 5.41) is 8.72. The molecule has 0 aliphatic rings. The van der Waals surface area contributed by atoms with Crippen molar-refractivity contribution in [2.24, 2.45) is 5.73 Å². The first-order valence-electron chi connectivity index (χ1n) is 3.94. The number of benzene rings is 1. The fraction of sp³-hybridized carbons (Fsp3) is 0.300. The lowest BCUT2D eigenvalue weighted by molar-refractivity contribution is 0.862. The molecule has 62 valence electrons. The predicted molar refractivity (Wildman–Crippen MR) is 48.6 cm³/mol. The molecule has 0 aliphatic heterocycles. The third-order valence-corrected chi connectivity index (χ3v) is 1.87. The van der Waals surface area contributed by atoms with E-state index in [1.54, 1.807) is 0 Å². The summed E-state index contributed by atoms with van der Waals surface area (Å²) in [5.74, 6) is -0.161. The van der Waals surface area contributed by atoms with Crippen molar-refractivity contribution in [3.05, 3.63) is 35.4 Å². The van der Waals surface area contributed by atoms with Crippen molar-refractivity contribution in [1.82, 2.24) is 0 Å². The molecular formula is C10H12N2. The van der Waals surface area contributed by atoms with E-state index >= 15 is 0 Å². The summed E-state index contributed by atoms with van der Waals surface area (Å²) in [5.41, 5.74) is 7.64. The number of hydrogen-bond donors (Lipinski definition) is 1. The number of hydrogen-bond acceptors (Lipinski definition) is 2. The molecule has 0 heterocycles. The first-order chi connectivity index (χ1) is 5.77. The maximum absolute atomic E-state index is 8.72. The Labute approximate surface area is 72.6 Å². The molecule has 0 spiro atoms. The molecule has 0 amide bonds. The maximum Gasteiger partial charge on any atom is 0.0834 e. The summed E-state index contributed by atoms with van der Waals surface area (Å²) < 4.78 is 0. The SMILES string of the molecule is Cc1ccc(C(C#N)CN)cc1. The van der Waals surface area contributed by atoms with Crippen molar-refractivity contribution in [3.8, 4) is 6.07 Å². The number of nitriles is 1. The lowest BCUT2D eigenvalue weighted by Gasteiger charge is -2.05. The lowest BCUT2D eigenvalue weighted by atomic mass is 10.00. The Morgan fingerprint density at radius 1 is 1.42 bits per heavy atom. The van der Waals surface area contributed by atoms with Crippen molar-refractivity contribution in [2.45, 2.75) is 12.8 Å². The Morgan fingerprint density at radius 2 is 2.00 bits per heavy atom. The highest BCUT2D eigenvalue weighted by atomic mass is 14.5. The standard InChI is InChI=1S/C10H12N2/c1-8-2-4-9(5-3-8)10(6-11)7-12/h2-5,10H,6,11H2,1H3. The average molecular weight is 160 g/mol. The zero-order valence-corrected chi connectivity index (χ0v) is 7.12. The summed E-state index contributed by atoms with van der Waals surface area (Å²) in [6.07, 6.45) is 0. The van der Waals surface area contributed by atoms with Gasteiger partial charge in [0.15, 0.2) is 0 Å². The topological polar surface area (TPSA) is 49.8 Å². The lowest BCUT2D eigenvalue weighted by Crippen LogP contribution is -2.10. The molecule has 1 aromatic carbocycles. The second-order valence-electron chi connectivity index (χ2n) is 2.83. The second-order valence-corrected chi connectivity index (χ2v) is 2.83. The largest absolute Gasteiger partial charge is 0.329 e. The molecule has 0 saturated heterocycles. The molecule has 2 heteroatoms.